The third-order valence-corrected chi connectivity index (χ3v) is 4.58. The highest BCUT2D eigenvalue weighted by atomic mass is 16.3. The summed E-state index contributed by atoms with van der Waals surface area (Å²) in [6, 6.07) is 12.2. The molecule has 3 heteroatoms. The molecule has 20 heavy (non-hydrogen) atoms. The van der Waals surface area contributed by atoms with Crippen LogP contribution in [0.5, 0.6) is 0 Å². The first-order chi connectivity index (χ1) is 9.72. The second kappa shape index (κ2) is 6.25. The minimum absolute atomic E-state index is 0.203. The van der Waals surface area contributed by atoms with Crippen molar-refractivity contribution in [3.05, 3.63) is 35.9 Å². The van der Waals surface area contributed by atoms with Crippen molar-refractivity contribution in [1.82, 2.24) is 10.2 Å². The van der Waals surface area contributed by atoms with E-state index in [1.807, 2.05) is 6.92 Å². The largest absolute Gasteiger partial charge is 0.392 e. The summed E-state index contributed by atoms with van der Waals surface area (Å²) in [5.74, 6) is 0.728. The molecule has 0 spiro atoms. The fraction of sp³-hybridized carbons (Fsp3) is 0.647. The summed E-state index contributed by atoms with van der Waals surface area (Å²) in [6.45, 7) is 4.93. The lowest BCUT2D eigenvalue weighted by molar-refractivity contribution is 0.105. The third kappa shape index (κ3) is 3.60. The Labute approximate surface area is 122 Å². The van der Waals surface area contributed by atoms with Crippen LogP contribution in [0, 0.1) is 0 Å². The highest BCUT2D eigenvalue weighted by molar-refractivity contribution is 5.27. The molecule has 1 saturated carbocycles. The van der Waals surface area contributed by atoms with Gasteiger partial charge in [-0.05, 0) is 44.8 Å². The molecule has 2 fully saturated rings. The summed E-state index contributed by atoms with van der Waals surface area (Å²) >= 11 is 0. The minimum Gasteiger partial charge on any atom is -0.392 e. The average Bonchev–Trinajstić information content (AvgIpc) is 3.21. The lowest BCUT2D eigenvalue weighted by atomic mass is 10.0. The predicted octanol–water partition coefficient (Wildman–Crippen LogP) is 1.98. The van der Waals surface area contributed by atoms with Gasteiger partial charge in [0, 0.05) is 24.5 Å². The van der Waals surface area contributed by atoms with Crippen molar-refractivity contribution in [3.8, 4) is 0 Å². The van der Waals surface area contributed by atoms with Gasteiger partial charge in [0.2, 0.25) is 0 Å². The molecule has 1 aliphatic heterocycles. The van der Waals surface area contributed by atoms with Crippen LogP contribution in [0.3, 0.4) is 0 Å². The first kappa shape index (κ1) is 14.1. The number of nitrogens with one attached hydrogen (secondary N) is 1. The summed E-state index contributed by atoms with van der Waals surface area (Å²) in [5, 5.41) is 13.3. The Morgan fingerprint density at radius 3 is 2.60 bits per heavy atom. The van der Waals surface area contributed by atoms with E-state index in [2.05, 4.69) is 40.5 Å². The number of β-amino-alcohol motifs (C(OH)–C–C–N with tert-alkyl or cyclic N) is 1. The fourth-order valence-corrected chi connectivity index (χ4v) is 3.41. The molecule has 0 radical (unpaired) electrons. The molecule has 2 aliphatic rings. The molecule has 2 N–H and O–H groups in total. The summed E-state index contributed by atoms with van der Waals surface area (Å²) in [7, 11) is 0. The van der Waals surface area contributed by atoms with Crippen LogP contribution in [-0.2, 0) is 0 Å². The SMILES string of the molecule is CC(O)CN1CCC(NC2CC2c2ccccc2)CC1. The molecule has 0 amide bonds. The zero-order chi connectivity index (χ0) is 13.9. The molecule has 3 unspecified atom stereocenters. The summed E-state index contributed by atoms with van der Waals surface area (Å²) < 4.78 is 0. The minimum atomic E-state index is -0.203. The zero-order valence-electron chi connectivity index (χ0n) is 12.3. The Bertz CT molecular complexity index is 412. The van der Waals surface area contributed by atoms with Crippen molar-refractivity contribution in [1.29, 1.82) is 0 Å². The van der Waals surface area contributed by atoms with Crippen molar-refractivity contribution in [2.45, 2.75) is 50.3 Å². The van der Waals surface area contributed by atoms with Gasteiger partial charge < -0.3 is 15.3 Å². The molecule has 3 atom stereocenters. The van der Waals surface area contributed by atoms with Crippen LogP contribution in [0.25, 0.3) is 0 Å². The van der Waals surface area contributed by atoms with Gasteiger partial charge in [0.1, 0.15) is 0 Å². The summed E-state index contributed by atoms with van der Waals surface area (Å²) in [4.78, 5) is 2.38. The molecule has 3 nitrogen and oxygen atoms in total. The Morgan fingerprint density at radius 1 is 1.25 bits per heavy atom. The molecule has 1 aromatic carbocycles. The van der Waals surface area contributed by atoms with E-state index >= 15 is 0 Å². The molecule has 1 saturated heterocycles. The smallest absolute Gasteiger partial charge is 0.0639 e. The predicted molar refractivity (Wildman–Crippen MR) is 81.9 cm³/mol. The first-order valence-electron chi connectivity index (χ1n) is 7.94. The van der Waals surface area contributed by atoms with E-state index in [4.69, 9.17) is 0 Å². The molecule has 3 rings (SSSR count). The number of nitrogens with zero attached hydrogens (tertiary/aromatic N) is 1. The van der Waals surface area contributed by atoms with Crippen molar-refractivity contribution in [2.75, 3.05) is 19.6 Å². The molecule has 0 bridgehead atoms. The molecule has 1 aliphatic carbocycles. The van der Waals surface area contributed by atoms with E-state index in [-0.39, 0.29) is 6.10 Å². The number of aliphatic hydroxyl groups is 1. The van der Waals surface area contributed by atoms with Crippen LogP contribution >= 0.6 is 0 Å². The lowest BCUT2D eigenvalue weighted by Gasteiger charge is -2.33. The molecule has 1 aromatic rings. The van der Waals surface area contributed by atoms with Gasteiger partial charge in [-0.3, -0.25) is 0 Å². The van der Waals surface area contributed by atoms with Crippen LogP contribution in [0.15, 0.2) is 30.3 Å². The van der Waals surface area contributed by atoms with E-state index < -0.39 is 0 Å². The lowest BCUT2D eigenvalue weighted by Crippen LogP contribution is -2.45. The number of rotatable bonds is 5. The van der Waals surface area contributed by atoms with Crippen molar-refractivity contribution >= 4 is 0 Å². The molecule has 110 valence electrons. The normalized spacial score (nSPS) is 29.3. The zero-order valence-corrected chi connectivity index (χ0v) is 12.3. The van der Waals surface area contributed by atoms with Crippen LogP contribution in [0.4, 0.5) is 0 Å². The molecular formula is C17H26N2O. The maximum absolute atomic E-state index is 9.43. The van der Waals surface area contributed by atoms with Gasteiger partial charge in [0.05, 0.1) is 6.10 Å². The maximum atomic E-state index is 9.43. The number of hydrogen-bond donors (Lipinski definition) is 2. The second-order valence-electron chi connectivity index (χ2n) is 6.45. The van der Waals surface area contributed by atoms with E-state index in [0.717, 1.165) is 25.6 Å². The Hall–Kier alpha value is -0.900. The van der Waals surface area contributed by atoms with E-state index in [0.29, 0.717) is 12.1 Å². The molecule has 1 heterocycles. The van der Waals surface area contributed by atoms with Gasteiger partial charge in [-0.1, -0.05) is 30.3 Å². The van der Waals surface area contributed by atoms with Gasteiger partial charge in [-0.25, -0.2) is 0 Å². The fourth-order valence-electron chi connectivity index (χ4n) is 3.41. The average molecular weight is 274 g/mol. The standard InChI is InChI=1S/C17H26N2O/c1-13(20)12-19-9-7-15(8-10-19)18-17-11-16(17)14-5-3-2-4-6-14/h2-6,13,15-18,20H,7-12H2,1H3. The highest BCUT2D eigenvalue weighted by Gasteiger charge is 2.39. The van der Waals surface area contributed by atoms with Crippen molar-refractivity contribution in [2.24, 2.45) is 0 Å². The van der Waals surface area contributed by atoms with Crippen LogP contribution in [0.2, 0.25) is 0 Å². The van der Waals surface area contributed by atoms with Crippen LogP contribution in [0.1, 0.15) is 37.7 Å². The maximum Gasteiger partial charge on any atom is 0.0639 e. The van der Waals surface area contributed by atoms with Crippen molar-refractivity contribution < 1.29 is 5.11 Å². The Balaban J connectivity index is 1.41. The van der Waals surface area contributed by atoms with Crippen LogP contribution in [-0.4, -0.2) is 47.8 Å². The quantitative estimate of drug-likeness (QED) is 0.862. The van der Waals surface area contributed by atoms with Crippen LogP contribution < -0.4 is 5.32 Å². The third-order valence-electron chi connectivity index (χ3n) is 4.58. The number of likely N-dealkylation sites (tertiary alicyclic amines) is 1. The number of benzene rings is 1. The van der Waals surface area contributed by atoms with Gasteiger partial charge in [0.15, 0.2) is 0 Å². The summed E-state index contributed by atoms with van der Waals surface area (Å²) in [6.07, 6.45) is 3.51. The number of aliphatic hydroxyl groups excluding tert-OH is 1. The van der Waals surface area contributed by atoms with Gasteiger partial charge in [0.25, 0.3) is 0 Å². The van der Waals surface area contributed by atoms with Gasteiger partial charge >= 0.3 is 0 Å². The monoisotopic (exact) mass is 274 g/mol. The number of piperidine rings is 1. The van der Waals surface area contributed by atoms with E-state index in [1.165, 1.54) is 24.8 Å². The van der Waals surface area contributed by atoms with E-state index in [1.54, 1.807) is 0 Å². The number of hydrogen-bond acceptors (Lipinski definition) is 3. The highest BCUT2D eigenvalue weighted by Crippen LogP contribution is 2.41. The van der Waals surface area contributed by atoms with Gasteiger partial charge in [-0.15, -0.1) is 0 Å². The van der Waals surface area contributed by atoms with E-state index in [9.17, 15) is 5.11 Å². The Kier molecular flexibility index (Phi) is 4.39. The van der Waals surface area contributed by atoms with Gasteiger partial charge in [-0.2, -0.15) is 0 Å². The second-order valence-corrected chi connectivity index (χ2v) is 6.45. The topological polar surface area (TPSA) is 35.5 Å². The Morgan fingerprint density at radius 2 is 1.95 bits per heavy atom. The summed E-state index contributed by atoms with van der Waals surface area (Å²) in [5.41, 5.74) is 1.48. The first-order valence-corrected chi connectivity index (χ1v) is 7.94. The van der Waals surface area contributed by atoms with Crippen molar-refractivity contribution in [3.63, 3.8) is 0 Å². The molecule has 0 aromatic heterocycles. The molecular weight excluding hydrogens is 248 g/mol.